The van der Waals surface area contributed by atoms with Gasteiger partial charge in [0.15, 0.2) is 0 Å². The third kappa shape index (κ3) is 2.93. The number of ether oxygens (including phenoxy) is 1. The predicted molar refractivity (Wildman–Crippen MR) is 103 cm³/mol. The Morgan fingerprint density at radius 3 is 2.92 bits per heavy atom. The SMILES string of the molecule is COc1ccc(C)cc1N[C@H]1c2ncccc2C(=O)N1Cc1cccs1. The Kier molecular flexibility index (Phi) is 4.34. The summed E-state index contributed by atoms with van der Waals surface area (Å²) in [6.45, 7) is 2.57. The second kappa shape index (κ2) is 6.80. The van der Waals surface area contributed by atoms with E-state index in [-0.39, 0.29) is 12.1 Å². The van der Waals surface area contributed by atoms with E-state index in [4.69, 9.17) is 4.74 Å². The summed E-state index contributed by atoms with van der Waals surface area (Å²) in [5.41, 5.74) is 3.36. The van der Waals surface area contributed by atoms with Gasteiger partial charge in [-0.25, -0.2) is 0 Å². The van der Waals surface area contributed by atoms with Gasteiger partial charge in [-0.2, -0.15) is 0 Å². The van der Waals surface area contributed by atoms with Gasteiger partial charge in [-0.3, -0.25) is 9.78 Å². The fourth-order valence-electron chi connectivity index (χ4n) is 3.20. The van der Waals surface area contributed by atoms with Crippen LogP contribution in [0.2, 0.25) is 0 Å². The summed E-state index contributed by atoms with van der Waals surface area (Å²) in [6, 6.07) is 13.6. The average Bonchev–Trinajstić information content (AvgIpc) is 3.25. The molecule has 2 aromatic heterocycles. The van der Waals surface area contributed by atoms with Crippen molar-refractivity contribution in [3.05, 3.63) is 75.7 Å². The highest BCUT2D eigenvalue weighted by Gasteiger charge is 2.38. The van der Waals surface area contributed by atoms with Crippen LogP contribution in [0.5, 0.6) is 5.75 Å². The van der Waals surface area contributed by atoms with Crippen LogP contribution < -0.4 is 10.1 Å². The molecule has 5 nitrogen and oxygen atoms in total. The molecule has 1 aliphatic rings. The standard InChI is InChI=1S/C20H19N3O2S/c1-13-7-8-17(25-2)16(11-13)22-19-18-15(6-3-9-21-18)20(24)23(19)12-14-5-4-10-26-14/h3-11,19,22H,12H2,1-2H3/t19-/m1/s1. The van der Waals surface area contributed by atoms with Crippen LogP contribution in [0.4, 0.5) is 5.69 Å². The van der Waals surface area contributed by atoms with E-state index in [9.17, 15) is 4.79 Å². The summed E-state index contributed by atoms with van der Waals surface area (Å²) < 4.78 is 5.48. The molecule has 0 radical (unpaired) electrons. The van der Waals surface area contributed by atoms with Crippen molar-refractivity contribution < 1.29 is 9.53 Å². The Balaban J connectivity index is 1.73. The summed E-state index contributed by atoms with van der Waals surface area (Å²) in [4.78, 5) is 20.4. The largest absolute Gasteiger partial charge is 0.495 e. The summed E-state index contributed by atoms with van der Waals surface area (Å²) in [5, 5.41) is 5.49. The molecule has 0 spiro atoms. The second-order valence-corrected chi connectivity index (χ2v) is 7.23. The van der Waals surface area contributed by atoms with Crippen LogP contribution >= 0.6 is 11.3 Å². The van der Waals surface area contributed by atoms with Crippen molar-refractivity contribution in [1.29, 1.82) is 0 Å². The van der Waals surface area contributed by atoms with Gasteiger partial charge in [-0.1, -0.05) is 12.1 Å². The number of nitrogens with zero attached hydrogens (tertiary/aromatic N) is 2. The maximum absolute atomic E-state index is 13.0. The van der Waals surface area contributed by atoms with Crippen molar-refractivity contribution >= 4 is 22.9 Å². The molecule has 1 N–H and O–H groups in total. The van der Waals surface area contributed by atoms with E-state index in [1.807, 2.05) is 53.6 Å². The fourth-order valence-corrected chi connectivity index (χ4v) is 3.90. The van der Waals surface area contributed by atoms with Gasteiger partial charge in [0.1, 0.15) is 11.9 Å². The molecule has 0 bridgehead atoms. The topological polar surface area (TPSA) is 54.5 Å². The number of fused-ring (bicyclic) bond motifs is 1. The molecular formula is C20H19N3O2S. The number of hydrogen-bond donors (Lipinski definition) is 1. The number of benzene rings is 1. The molecule has 26 heavy (non-hydrogen) atoms. The highest BCUT2D eigenvalue weighted by Crippen LogP contribution is 2.37. The van der Waals surface area contributed by atoms with E-state index in [0.29, 0.717) is 12.1 Å². The maximum atomic E-state index is 13.0. The number of carbonyl (C=O) groups excluding carboxylic acids is 1. The minimum atomic E-state index is -0.337. The first kappa shape index (κ1) is 16.6. The van der Waals surface area contributed by atoms with Crippen LogP contribution in [-0.2, 0) is 6.54 Å². The van der Waals surface area contributed by atoms with Crippen molar-refractivity contribution in [3.8, 4) is 5.75 Å². The Morgan fingerprint density at radius 2 is 2.15 bits per heavy atom. The van der Waals surface area contributed by atoms with Crippen LogP contribution in [0, 0.1) is 6.92 Å². The fraction of sp³-hybridized carbons (Fsp3) is 0.200. The van der Waals surface area contributed by atoms with Gasteiger partial charge < -0.3 is 15.0 Å². The third-order valence-electron chi connectivity index (χ3n) is 4.45. The molecule has 0 saturated heterocycles. The minimum absolute atomic E-state index is 0.00869. The number of nitrogens with one attached hydrogen (secondary N) is 1. The molecule has 1 amide bonds. The van der Waals surface area contributed by atoms with Crippen LogP contribution in [-0.4, -0.2) is 22.9 Å². The minimum Gasteiger partial charge on any atom is -0.495 e. The van der Waals surface area contributed by atoms with E-state index in [0.717, 1.165) is 27.6 Å². The molecule has 0 unspecified atom stereocenters. The summed E-state index contributed by atoms with van der Waals surface area (Å²) in [5.74, 6) is 0.731. The molecule has 0 aliphatic carbocycles. The lowest BCUT2D eigenvalue weighted by Crippen LogP contribution is -2.31. The normalized spacial score (nSPS) is 15.8. The second-order valence-electron chi connectivity index (χ2n) is 6.20. The molecular weight excluding hydrogens is 346 g/mol. The number of carbonyl (C=O) groups is 1. The first-order chi connectivity index (χ1) is 12.7. The zero-order valence-corrected chi connectivity index (χ0v) is 15.4. The lowest BCUT2D eigenvalue weighted by atomic mass is 10.2. The van der Waals surface area contributed by atoms with E-state index in [2.05, 4.69) is 10.3 Å². The van der Waals surface area contributed by atoms with Crippen molar-refractivity contribution in [2.75, 3.05) is 12.4 Å². The molecule has 6 heteroatoms. The van der Waals surface area contributed by atoms with Crippen molar-refractivity contribution in [3.63, 3.8) is 0 Å². The molecule has 1 aliphatic heterocycles. The molecule has 0 saturated carbocycles. The van der Waals surface area contributed by atoms with Gasteiger partial charge >= 0.3 is 0 Å². The first-order valence-electron chi connectivity index (χ1n) is 8.37. The number of pyridine rings is 1. The van der Waals surface area contributed by atoms with Crippen molar-refractivity contribution in [1.82, 2.24) is 9.88 Å². The van der Waals surface area contributed by atoms with Crippen LogP contribution in [0.1, 0.15) is 32.7 Å². The van der Waals surface area contributed by atoms with E-state index >= 15 is 0 Å². The number of rotatable bonds is 5. The predicted octanol–water partition coefficient (Wildman–Crippen LogP) is 4.23. The van der Waals surface area contributed by atoms with Crippen LogP contribution in [0.15, 0.2) is 54.0 Å². The molecule has 1 aromatic carbocycles. The smallest absolute Gasteiger partial charge is 0.258 e. The summed E-state index contributed by atoms with van der Waals surface area (Å²) in [7, 11) is 1.64. The number of aromatic nitrogens is 1. The van der Waals surface area contributed by atoms with E-state index < -0.39 is 0 Å². The molecule has 4 rings (SSSR count). The Morgan fingerprint density at radius 1 is 1.27 bits per heavy atom. The van der Waals surface area contributed by atoms with Crippen LogP contribution in [0.25, 0.3) is 0 Å². The van der Waals surface area contributed by atoms with Gasteiger partial charge in [0.05, 0.1) is 30.6 Å². The van der Waals surface area contributed by atoms with E-state index in [1.165, 1.54) is 0 Å². The third-order valence-corrected chi connectivity index (χ3v) is 5.32. The molecule has 3 aromatic rings. The maximum Gasteiger partial charge on any atom is 0.258 e. The van der Waals surface area contributed by atoms with Gasteiger partial charge in [-0.05, 0) is 48.2 Å². The Hall–Kier alpha value is -2.86. The highest BCUT2D eigenvalue weighted by molar-refractivity contribution is 7.09. The van der Waals surface area contributed by atoms with Gasteiger partial charge in [0.2, 0.25) is 0 Å². The lowest BCUT2D eigenvalue weighted by molar-refractivity contribution is 0.0729. The van der Waals surface area contributed by atoms with Crippen molar-refractivity contribution in [2.45, 2.75) is 19.6 Å². The zero-order chi connectivity index (χ0) is 18.1. The molecule has 1 atom stereocenters. The quantitative estimate of drug-likeness (QED) is 0.735. The van der Waals surface area contributed by atoms with Crippen LogP contribution in [0.3, 0.4) is 0 Å². The van der Waals surface area contributed by atoms with E-state index in [1.54, 1.807) is 30.7 Å². The summed E-state index contributed by atoms with van der Waals surface area (Å²) >= 11 is 1.64. The van der Waals surface area contributed by atoms with Gasteiger partial charge in [-0.15, -0.1) is 11.3 Å². The number of hydrogen-bond acceptors (Lipinski definition) is 5. The number of methoxy groups -OCH3 is 1. The molecule has 0 fully saturated rings. The first-order valence-corrected chi connectivity index (χ1v) is 9.25. The Labute approximate surface area is 156 Å². The van der Waals surface area contributed by atoms with Gasteiger partial charge in [0.25, 0.3) is 5.91 Å². The monoisotopic (exact) mass is 365 g/mol. The average molecular weight is 365 g/mol. The zero-order valence-electron chi connectivity index (χ0n) is 14.6. The number of aryl methyl sites for hydroxylation is 1. The van der Waals surface area contributed by atoms with Crippen molar-refractivity contribution in [2.24, 2.45) is 0 Å². The lowest BCUT2D eigenvalue weighted by Gasteiger charge is -2.27. The number of anilines is 1. The highest BCUT2D eigenvalue weighted by atomic mass is 32.1. The summed E-state index contributed by atoms with van der Waals surface area (Å²) in [6.07, 6.45) is 1.39. The Bertz CT molecular complexity index is 940. The number of thiophene rings is 1. The van der Waals surface area contributed by atoms with Gasteiger partial charge in [0, 0.05) is 11.1 Å². The molecule has 3 heterocycles. The number of amides is 1. The molecule has 132 valence electrons.